The second-order valence-electron chi connectivity index (χ2n) is 6.28. The second-order valence-corrected chi connectivity index (χ2v) is 6.28. The Bertz CT molecular complexity index is 462. The summed E-state index contributed by atoms with van der Waals surface area (Å²) in [6.07, 6.45) is 4.61. The van der Waals surface area contributed by atoms with Crippen LogP contribution in [0.5, 0.6) is 11.5 Å². The molecule has 0 saturated carbocycles. The third-order valence-electron chi connectivity index (χ3n) is 4.17. The summed E-state index contributed by atoms with van der Waals surface area (Å²) < 4.78 is 11.2. The molecule has 0 spiro atoms. The van der Waals surface area contributed by atoms with Gasteiger partial charge in [-0.15, -0.1) is 0 Å². The van der Waals surface area contributed by atoms with Gasteiger partial charge in [-0.3, -0.25) is 4.90 Å². The fourth-order valence-corrected chi connectivity index (χ4v) is 3.15. The minimum Gasteiger partial charge on any atom is -0.493 e. The maximum absolute atomic E-state index is 9.02. The summed E-state index contributed by atoms with van der Waals surface area (Å²) in [7, 11) is 1.69. The van der Waals surface area contributed by atoms with Crippen LogP contribution < -0.4 is 9.47 Å². The first-order chi connectivity index (χ1) is 10.6. The van der Waals surface area contributed by atoms with Gasteiger partial charge in [0.2, 0.25) is 0 Å². The van der Waals surface area contributed by atoms with Crippen molar-refractivity contribution in [2.75, 3.05) is 20.3 Å². The van der Waals surface area contributed by atoms with Crippen molar-refractivity contribution in [2.24, 2.45) is 0 Å². The molecule has 1 aliphatic heterocycles. The zero-order valence-electron chi connectivity index (χ0n) is 14.0. The topological polar surface area (TPSA) is 41.9 Å². The molecule has 124 valence electrons. The van der Waals surface area contributed by atoms with E-state index < -0.39 is 0 Å². The van der Waals surface area contributed by atoms with Gasteiger partial charge >= 0.3 is 0 Å². The summed E-state index contributed by atoms with van der Waals surface area (Å²) in [4.78, 5) is 2.52. The van der Waals surface area contributed by atoms with Crippen LogP contribution in [0.1, 0.15) is 45.1 Å². The molecular weight excluding hydrogens is 278 g/mol. The summed E-state index contributed by atoms with van der Waals surface area (Å²) in [5.74, 6) is 1.61. The molecule has 0 aromatic heterocycles. The van der Waals surface area contributed by atoms with Gasteiger partial charge in [0.1, 0.15) is 0 Å². The van der Waals surface area contributed by atoms with E-state index in [1.165, 1.54) is 18.4 Å². The predicted molar refractivity (Wildman–Crippen MR) is 88.5 cm³/mol. The molecular formula is C18H29NO3. The van der Waals surface area contributed by atoms with Crippen LogP contribution in [0.4, 0.5) is 0 Å². The summed E-state index contributed by atoms with van der Waals surface area (Å²) in [6.45, 7) is 6.41. The van der Waals surface area contributed by atoms with E-state index in [1.54, 1.807) is 7.11 Å². The van der Waals surface area contributed by atoms with Crippen LogP contribution in [0.2, 0.25) is 0 Å². The Hall–Kier alpha value is -1.26. The quantitative estimate of drug-likeness (QED) is 0.801. The largest absolute Gasteiger partial charge is 0.493 e. The number of aliphatic hydroxyl groups is 1. The van der Waals surface area contributed by atoms with Crippen LogP contribution in [0.25, 0.3) is 0 Å². The molecule has 4 heteroatoms. The number of hydrogen-bond acceptors (Lipinski definition) is 4. The highest BCUT2D eigenvalue weighted by Gasteiger charge is 2.24. The third kappa shape index (κ3) is 4.62. The van der Waals surface area contributed by atoms with E-state index in [9.17, 15) is 0 Å². The average molecular weight is 307 g/mol. The summed E-state index contributed by atoms with van der Waals surface area (Å²) in [5.41, 5.74) is 1.25. The number of methoxy groups -OCH3 is 1. The maximum Gasteiger partial charge on any atom is 0.161 e. The lowest BCUT2D eigenvalue weighted by atomic mass is 10.1. The van der Waals surface area contributed by atoms with E-state index in [0.29, 0.717) is 12.6 Å². The molecule has 0 amide bonds. The van der Waals surface area contributed by atoms with Crippen LogP contribution >= 0.6 is 0 Å². The molecule has 1 fully saturated rings. The number of aliphatic hydroxyl groups excluding tert-OH is 1. The van der Waals surface area contributed by atoms with Gasteiger partial charge in [0.15, 0.2) is 11.5 Å². The van der Waals surface area contributed by atoms with Crippen molar-refractivity contribution in [3.8, 4) is 11.5 Å². The van der Waals surface area contributed by atoms with Crippen molar-refractivity contribution in [1.29, 1.82) is 0 Å². The maximum atomic E-state index is 9.02. The number of ether oxygens (including phenoxy) is 2. The zero-order chi connectivity index (χ0) is 15.9. The van der Waals surface area contributed by atoms with E-state index in [2.05, 4.69) is 17.0 Å². The Kier molecular flexibility index (Phi) is 6.52. The van der Waals surface area contributed by atoms with Gasteiger partial charge in [-0.1, -0.05) is 6.07 Å². The number of likely N-dealkylation sites (tertiary alicyclic amines) is 1. The molecule has 1 saturated heterocycles. The molecule has 4 nitrogen and oxygen atoms in total. The van der Waals surface area contributed by atoms with Crippen LogP contribution in [0, 0.1) is 0 Å². The van der Waals surface area contributed by atoms with E-state index >= 15 is 0 Å². The lowest BCUT2D eigenvalue weighted by Gasteiger charge is -2.25. The molecule has 0 aliphatic carbocycles. The average Bonchev–Trinajstić information content (AvgIpc) is 2.93. The van der Waals surface area contributed by atoms with E-state index in [1.807, 2.05) is 19.9 Å². The summed E-state index contributed by atoms with van der Waals surface area (Å²) in [5, 5.41) is 9.02. The van der Waals surface area contributed by atoms with Crippen molar-refractivity contribution in [3.05, 3.63) is 23.8 Å². The molecule has 0 radical (unpaired) electrons. The van der Waals surface area contributed by atoms with Crippen molar-refractivity contribution < 1.29 is 14.6 Å². The molecule has 1 aromatic carbocycles. The standard InChI is InChI=1S/C18H29NO3/c1-14(2)22-17-9-8-15(12-18(17)21-3)13-19-10-4-6-16(19)7-5-11-20/h8-9,12,14,16,20H,4-7,10-11,13H2,1-3H3. The highest BCUT2D eigenvalue weighted by molar-refractivity contribution is 5.43. The molecule has 0 bridgehead atoms. The minimum atomic E-state index is 0.140. The van der Waals surface area contributed by atoms with Gasteiger partial charge in [0.25, 0.3) is 0 Å². The number of benzene rings is 1. The molecule has 1 heterocycles. The van der Waals surface area contributed by atoms with Gasteiger partial charge in [0, 0.05) is 19.2 Å². The Morgan fingerprint density at radius 3 is 2.82 bits per heavy atom. The summed E-state index contributed by atoms with van der Waals surface area (Å²) >= 11 is 0. The Balaban J connectivity index is 2.03. The molecule has 1 aromatic rings. The normalized spacial score (nSPS) is 18.9. The number of rotatable bonds is 8. The highest BCUT2D eigenvalue weighted by Crippen LogP contribution is 2.31. The summed E-state index contributed by atoms with van der Waals surface area (Å²) in [6, 6.07) is 6.82. The monoisotopic (exact) mass is 307 g/mol. The van der Waals surface area contributed by atoms with Gasteiger partial charge in [-0.05, 0) is 63.8 Å². The second kappa shape index (κ2) is 8.39. The first-order valence-corrected chi connectivity index (χ1v) is 8.32. The first-order valence-electron chi connectivity index (χ1n) is 8.32. The molecule has 1 atom stereocenters. The molecule has 1 unspecified atom stereocenters. The lowest BCUT2D eigenvalue weighted by Crippen LogP contribution is -2.29. The van der Waals surface area contributed by atoms with Crippen LogP contribution in [-0.2, 0) is 6.54 Å². The van der Waals surface area contributed by atoms with E-state index in [-0.39, 0.29) is 6.10 Å². The van der Waals surface area contributed by atoms with Gasteiger partial charge in [-0.25, -0.2) is 0 Å². The van der Waals surface area contributed by atoms with E-state index in [4.69, 9.17) is 14.6 Å². The lowest BCUT2D eigenvalue weighted by molar-refractivity contribution is 0.209. The molecule has 1 aliphatic rings. The minimum absolute atomic E-state index is 0.140. The van der Waals surface area contributed by atoms with Gasteiger partial charge < -0.3 is 14.6 Å². The fourth-order valence-electron chi connectivity index (χ4n) is 3.15. The Labute approximate surface area is 134 Å². The van der Waals surface area contributed by atoms with Crippen LogP contribution in [-0.4, -0.2) is 42.4 Å². The van der Waals surface area contributed by atoms with Crippen LogP contribution in [0.3, 0.4) is 0 Å². The molecule has 22 heavy (non-hydrogen) atoms. The fraction of sp³-hybridized carbons (Fsp3) is 0.667. The van der Waals surface area contributed by atoms with Crippen molar-refractivity contribution in [2.45, 2.75) is 58.2 Å². The van der Waals surface area contributed by atoms with E-state index in [0.717, 1.165) is 37.4 Å². The molecule has 1 N–H and O–H groups in total. The van der Waals surface area contributed by atoms with Gasteiger partial charge in [0.05, 0.1) is 13.2 Å². The number of hydrogen-bond donors (Lipinski definition) is 1. The van der Waals surface area contributed by atoms with Crippen molar-refractivity contribution >= 4 is 0 Å². The first kappa shape index (κ1) is 17.1. The SMILES string of the molecule is COc1cc(CN2CCCC2CCCO)ccc1OC(C)C. The Morgan fingerprint density at radius 1 is 1.32 bits per heavy atom. The smallest absolute Gasteiger partial charge is 0.161 e. The molecule has 2 rings (SSSR count). The third-order valence-corrected chi connectivity index (χ3v) is 4.17. The van der Waals surface area contributed by atoms with Crippen molar-refractivity contribution in [1.82, 2.24) is 4.90 Å². The van der Waals surface area contributed by atoms with Crippen LogP contribution in [0.15, 0.2) is 18.2 Å². The highest BCUT2D eigenvalue weighted by atomic mass is 16.5. The predicted octanol–water partition coefficient (Wildman–Crippen LogP) is 3.22. The number of nitrogens with zero attached hydrogens (tertiary/aromatic N) is 1. The Morgan fingerprint density at radius 2 is 2.14 bits per heavy atom. The van der Waals surface area contributed by atoms with Gasteiger partial charge in [-0.2, -0.15) is 0 Å². The van der Waals surface area contributed by atoms with Crippen molar-refractivity contribution in [3.63, 3.8) is 0 Å². The zero-order valence-corrected chi connectivity index (χ0v) is 14.0.